The number of hydrogen-bond donors (Lipinski definition) is 3. The molecule has 1 aliphatic heterocycles. The van der Waals surface area contributed by atoms with Crippen molar-refractivity contribution in [3.8, 4) is 11.3 Å². The second-order valence-corrected chi connectivity index (χ2v) is 8.81. The Balaban J connectivity index is 0.000000224. The lowest BCUT2D eigenvalue weighted by Crippen LogP contribution is -2.44. The van der Waals surface area contributed by atoms with Gasteiger partial charge in [-0.1, -0.05) is 29.8 Å². The van der Waals surface area contributed by atoms with Crippen LogP contribution in [0.25, 0.3) is 11.3 Å². The largest absolute Gasteiger partial charge is 0.478 e. The molecular weight excluding hydrogens is 552 g/mol. The van der Waals surface area contributed by atoms with Crippen LogP contribution in [0.5, 0.6) is 0 Å². The molecule has 2 aromatic carbocycles. The van der Waals surface area contributed by atoms with Gasteiger partial charge >= 0.3 is 18.3 Å². The van der Waals surface area contributed by atoms with Gasteiger partial charge in [0, 0.05) is 49.5 Å². The van der Waals surface area contributed by atoms with Crippen LogP contribution in [0.3, 0.4) is 0 Å². The fourth-order valence-corrected chi connectivity index (χ4v) is 3.96. The van der Waals surface area contributed by atoms with E-state index in [2.05, 4.69) is 20.6 Å². The smallest absolute Gasteiger partial charge is 0.416 e. The molecule has 1 saturated heterocycles. The number of piperazine rings is 1. The first-order chi connectivity index (χ1) is 18.3. The molecule has 7 nitrogen and oxygen atoms in total. The molecular formula is C25H24ClF6N5O2. The van der Waals surface area contributed by atoms with Crippen LogP contribution in [0.15, 0.2) is 48.7 Å². The molecule has 1 aromatic heterocycles. The Hall–Kier alpha value is -3.42. The molecule has 14 heteroatoms. The van der Waals surface area contributed by atoms with Crippen molar-refractivity contribution < 1.29 is 36.2 Å². The molecule has 39 heavy (non-hydrogen) atoms. The van der Waals surface area contributed by atoms with Gasteiger partial charge < -0.3 is 20.6 Å². The Kier molecular flexibility index (Phi) is 9.75. The van der Waals surface area contributed by atoms with Gasteiger partial charge in [0.1, 0.15) is 5.56 Å². The van der Waals surface area contributed by atoms with Gasteiger partial charge in [0.2, 0.25) is 5.95 Å². The number of alkyl halides is 6. The number of carbonyl (C=O) groups is 1. The Morgan fingerprint density at radius 3 is 2.15 bits per heavy atom. The van der Waals surface area contributed by atoms with Gasteiger partial charge in [-0.3, -0.25) is 0 Å². The van der Waals surface area contributed by atoms with Gasteiger partial charge in [-0.05, 0) is 36.9 Å². The maximum atomic E-state index is 12.4. The van der Waals surface area contributed by atoms with Crippen LogP contribution in [0.4, 0.5) is 32.3 Å². The average Bonchev–Trinajstić information content (AvgIpc) is 2.88. The molecule has 1 fully saturated rings. The molecule has 1 aliphatic rings. The van der Waals surface area contributed by atoms with Crippen LogP contribution in [0.2, 0.25) is 5.02 Å². The number of halogens is 7. The van der Waals surface area contributed by atoms with E-state index in [0.717, 1.165) is 26.2 Å². The highest BCUT2D eigenvalue weighted by molar-refractivity contribution is 6.33. The van der Waals surface area contributed by atoms with E-state index in [1.165, 1.54) is 13.2 Å². The topological polar surface area (TPSA) is 90.4 Å². The number of anilines is 1. The van der Waals surface area contributed by atoms with Crippen molar-refractivity contribution in [2.45, 2.75) is 18.9 Å². The predicted octanol–water partition coefficient (Wildman–Crippen LogP) is 5.35. The summed E-state index contributed by atoms with van der Waals surface area (Å²) >= 11 is 6.20. The first-order valence-corrected chi connectivity index (χ1v) is 11.9. The van der Waals surface area contributed by atoms with Crippen LogP contribution in [-0.2, 0) is 18.9 Å². The molecule has 4 rings (SSSR count). The number of aromatic carboxylic acids is 1. The molecule has 210 valence electrons. The van der Waals surface area contributed by atoms with Crippen molar-refractivity contribution in [1.82, 2.24) is 20.6 Å². The van der Waals surface area contributed by atoms with Gasteiger partial charge in [-0.15, -0.1) is 0 Å². The minimum absolute atomic E-state index is 0.0481. The van der Waals surface area contributed by atoms with E-state index in [1.54, 1.807) is 24.3 Å². The zero-order valence-corrected chi connectivity index (χ0v) is 21.3. The van der Waals surface area contributed by atoms with Gasteiger partial charge in [-0.25, -0.2) is 14.8 Å². The normalized spacial score (nSPS) is 14.0. The fraction of sp³-hybridized carbons (Fsp3) is 0.320. The van der Waals surface area contributed by atoms with Crippen molar-refractivity contribution in [2.24, 2.45) is 0 Å². The van der Waals surface area contributed by atoms with E-state index in [9.17, 15) is 36.2 Å². The minimum atomic E-state index is -4.79. The highest BCUT2D eigenvalue weighted by Gasteiger charge is 2.36. The number of carboxylic acid groups (broad SMARTS) is 1. The fourth-order valence-electron chi connectivity index (χ4n) is 3.73. The summed E-state index contributed by atoms with van der Waals surface area (Å²) in [5.41, 5.74) is -1.65. The van der Waals surface area contributed by atoms with E-state index in [-0.39, 0.29) is 23.7 Å². The van der Waals surface area contributed by atoms with E-state index in [0.29, 0.717) is 34.4 Å². The van der Waals surface area contributed by atoms with Crippen molar-refractivity contribution in [1.29, 1.82) is 0 Å². The number of aromatic nitrogens is 2. The number of nitrogens with zero attached hydrogens (tertiary/aromatic N) is 3. The molecule has 0 spiro atoms. The third-order valence-electron chi connectivity index (χ3n) is 5.56. The zero-order chi connectivity index (χ0) is 28.8. The molecule has 0 radical (unpaired) electrons. The number of carboxylic acids is 1. The molecule has 2 heterocycles. The number of rotatable bonds is 5. The summed E-state index contributed by atoms with van der Waals surface area (Å²) in [7, 11) is 1.44. The highest BCUT2D eigenvalue weighted by atomic mass is 35.5. The third-order valence-corrected chi connectivity index (χ3v) is 5.89. The summed E-state index contributed by atoms with van der Waals surface area (Å²) in [4.78, 5) is 22.2. The lowest BCUT2D eigenvalue weighted by Gasteiger charge is -2.27. The minimum Gasteiger partial charge on any atom is -0.478 e. The summed E-state index contributed by atoms with van der Waals surface area (Å²) in [5.74, 6) is -0.539. The van der Waals surface area contributed by atoms with Crippen LogP contribution in [-0.4, -0.2) is 54.3 Å². The van der Waals surface area contributed by atoms with E-state index in [4.69, 9.17) is 11.6 Å². The lowest BCUT2D eigenvalue weighted by molar-refractivity contribution is -0.143. The molecule has 0 atom stereocenters. The lowest BCUT2D eigenvalue weighted by atomic mass is 10.0. The van der Waals surface area contributed by atoms with E-state index in [1.807, 2.05) is 4.90 Å². The highest BCUT2D eigenvalue weighted by Crippen LogP contribution is 2.36. The molecule has 0 amide bonds. The quantitative estimate of drug-likeness (QED) is 0.354. The van der Waals surface area contributed by atoms with Crippen LogP contribution in [0, 0.1) is 0 Å². The third kappa shape index (κ3) is 8.04. The SMILES string of the molecule is CNCc1cc(C(F)(F)F)cc(C(F)(F)F)c1.O=C(O)c1cnc(N2CCNCC2)nc1-c1ccccc1Cl. The van der Waals surface area contributed by atoms with Gasteiger partial charge in [0.05, 0.1) is 16.8 Å². The summed E-state index contributed by atoms with van der Waals surface area (Å²) in [6, 6.07) is 8.59. The van der Waals surface area contributed by atoms with Gasteiger partial charge in [0.15, 0.2) is 0 Å². The summed E-state index contributed by atoms with van der Waals surface area (Å²) in [5, 5.41) is 15.6. The maximum absolute atomic E-state index is 12.4. The van der Waals surface area contributed by atoms with Crippen molar-refractivity contribution in [3.05, 3.63) is 75.9 Å². The molecule has 3 aromatic rings. The van der Waals surface area contributed by atoms with Gasteiger partial charge in [-0.2, -0.15) is 26.3 Å². The number of benzene rings is 2. The van der Waals surface area contributed by atoms with Crippen LogP contribution >= 0.6 is 11.6 Å². The number of hydrogen-bond acceptors (Lipinski definition) is 6. The van der Waals surface area contributed by atoms with Crippen molar-refractivity contribution in [3.63, 3.8) is 0 Å². The second-order valence-electron chi connectivity index (χ2n) is 8.40. The van der Waals surface area contributed by atoms with Crippen molar-refractivity contribution in [2.75, 3.05) is 38.1 Å². The molecule has 0 unspecified atom stereocenters. The van der Waals surface area contributed by atoms with E-state index < -0.39 is 29.4 Å². The predicted molar refractivity (Wildman–Crippen MR) is 134 cm³/mol. The Labute approximate surface area is 224 Å². The first kappa shape index (κ1) is 30.1. The zero-order valence-electron chi connectivity index (χ0n) is 20.5. The maximum Gasteiger partial charge on any atom is 0.416 e. The molecule has 0 aliphatic carbocycles. The molecule has 0 saturated carbocycles. The van der Waals surface area contributed by atoms with Crippen molar-refractivity contribution >= 4 is 23.5 Å². The Morgan fingerprint density at radius 2 is 1.64 bits per heavy atom. The summed E-state index contributed by atoms with van der Waals surface area (Å²) in [6.07, 6.45) is -8.22. The monoisotopic (exact) mass is 575 g/mol. The van der Waals surface area contributed by atoms with Crippen LogP contribution in [0.1, 0.15) is 27.0 Å². The second kappa shape index (κ2) is 12.6. The summed E-state index contributed by atoms with van der Waals surface area (Å²) < 4.78 is 74.3. The number of nitrogens with one attached hydrogen (secondary N) is 2. The van der Waals surface area contributed by atoms with Gasteiger partial charge in [0.25, 0.3) is 0 Å². The first-order valence-electron chi connectivity index (χ1n) is 11.5. The Morgan fingerprint density at radius 1 is 1.05 bits per heavy atom. The molecule has 0 bridgehead atoms. The molecule has 3 N–H and O–H groups in total. The summed E-state index contributed by atoms with van der Waals surface area (Å²) in [6.45, 7) is 3.21. The van der Waals surface area contributed by atoms with E-state index >= 15 is 0 Å². The van der Waals surface area contributed by atoms with Crippen LogP contribution < -0.4 is 15.5 Å². The average molecular weight is 576 g/mol. The standard InChI is InChI=1S/C15H15ClN4O2.C10H9F6N/c16-12-4-2-1-3-10(12)13-11(14(21)22)9-18-15(19-13)20-7-5-17-6-8-20;1-17-5-6-2-7(9(11,12)13)4-8(3-6)10(14,15)16/h1-4,9,17H,5-8H2,(H,21,22);2-4,17H,5H2,1H3. The Bertz CT molecular complexity index is 1260.